The van der Waals surface area contributed by atoms with Gasteiger partial charge in [0.25, 0.3) is 0 Å². The van der Waals surface area contributed by atoms with Gasteiger partial charge in [0.2, 0.25) is 0 Å². The summed E-state index contributed by atoms with van der Waals surface area (Å²) in [5.41, 5.74) is 4.29. The first kappa shape index (κ1) is 16.7. The lowest BCUT2D eigenvalue weighted by Crippen LogP contribution is -2.15. The Bertz CT molecular complexity index is 409. The predicted molar refractivity (Wildman–Crippen MR) is 84.7 cm³/mol. The summed E-state index contributed by atoms with van der Waals surface area (Å²) in [7, 11) is 0. The van der Waals surface area contributed by atoms with Gasteiger partial charge in [0.05, 0.1) is 5.92 Å². The molecule has 0 heterocycles. The van der Waals surface area contributed by atoms with E-state index in [0.29, 0.717) is 6.42 Å². The van der Waals surface area contributed by atoms with Crippen LogP contribution >= 0.6 is 0 Å². The van der Waals surface area contributed by atoms with Gasteiger partial charge in [-0.05, 0) is 65.7 Å². The minimum Gasteiger partial charge on any atom is -0.481 e. The molecule has 0 aromatic rings. The molecule has 2 nitrogen and oxygen atoms in total. The van der Waals surface area contributed by atoms with Crippen LogP contribution in [-0.2, 0) is 4.79 Å². The summed E-state index contributed by atoms with van der Waals surface area (Å²) in [5.74, 6) is -0.796. The molecular weight excluding hydrogens is 248 g/mol. The number of carboxylic acid groups (broad SMARTS) is 1. The van der Waals surface area contributed by atoms with Crippen molar-refractivity contribution in [3.05, 3.63) is 34.9 Å². The highest BCUT2D eigenvalue weighted by atomic mass is 16.4. The van der Waals surface area contributed by atoms with Crippen molar-refractivity contribution in [2.75, 3.05) is 0 Å². The zero-order valence-electron chi connectivity index (χ0n) is 13.1. The summed E-state index contributed by atoms with van der Waals surface area (Å²) >= 11 is 0. The van der Waals surface area contributed by atoms with Crippen molar-refractivity contribution >= 4 is 5.97 Å². The smallest absolute Gasteiger partial charge is 0.306 e. The Kier molecular flexibility index (Phi) is 7.35. The molecule has 0 aliphatic heterocycles. The van der Waals surface area contributed by atoms with Crippen LogP contribution < -0.4 is 0 Å². The van der Waals surface area contributed by atoms with Crippen LogP contribution in [0.3, 0.4) is 0 Å². The highest BCUT2D eigenvalue weighted by molar-refractivity contribution is 5.70. The number of allylic oxidation sites excluding steroid dienone is 6. The molecule has 20 heavy (non-hydrogen) atoms. The second-order valence-electron chi connectivity index (χ2n) is 6.08. The van der Waals surface area contributed by atoms with Crippen LogP contribution in [0.5, 0.6) is 0 Å². The third-order valence-corrected chi connectivity index (χ3v) is 3.90. The van der Waals surface area contributed by atoms with Crippen LogP contribution in [0, 0.1) is 5.92 Å². The molecule has 0 aromatic heterocycles. The lowest BCUT2D eigenvalue weighted by Gasteiger charge is -2.18. The van der Waals surface area contributed by atoms with Gasteiger partial charge in [0.15, 0.2) is 0 Å². The maximum absolute atomic E-state index is 10.9. The Morgan fingerprint density at radius 2 is 2.05 bits per heavy atom. The fraction of sp³-hybridized carbons (Fsp3) is 0.611. The minimum atomic E-state index is -0.643. The van der Waals surface area contributed by atoms with E-state index >= 15 is 0 Å². The summed E-state index contributed by atoms with van der Waals surface area (Å²) < 4.78 is 0. The monoisotopic (exact) mass is 276 g/mol. The predicted octanol–water partition coefficient (Wildman–Crippen LogP) is 5.27. The lowest BCUT2D eigenvalue weighted by molar-refractivity contribution is -0.141. The Labute approximate surface area is 123 Å². The molecule has 0 radical (unpaired) electrons. The van der Waals surface area contributed by atoms with E-state index in [1.807, 2.05) is 0 Å². The molecule has 0 saturated carbocycles. The van der Waals surface area contributed by atoms with E-state index in [0.717, 1.165) is 38.5 Å². The Morgan fingerprint density at radius 3 is 2.60 bits per heavy atom. The van der Waals surface area contributed by atoms with Crippen molar-refractivity contribution in [1.82, 2.24) is 0 Å². The third-order valence-electron chi connectivity index (χ3n) is 3.90. The molecule has 0 aromatic carbocycles. The van der Waals surface area contributed by atoms with E-state index in [4.69, 9.17) is 5.11 Å². The third kappa shape index (κ3) is 6.74. The Balaban J connectivity index is 2.27. The zero-order valence-corrected chi connectivity index (χ0v) is 13.1. The van der Waals surface area contributed by atoms with E-state index < -0.39 is 5.97 Å². The average Bonchev–Trinajstić information content (AvgIpc) is 2.39. The highest BCUT2D eigenvalue weighted by Crippen LogP contribution is 2.26. The van der Waals surface area contributed by atoms with Crippen molar-refractivity contribution in [3.63, 3.8) is 0 Å². The summed E-state index contributed by atoms with van der Waals surface area (Å²) in [5, 5.41) is 8.95. The normalized spacial score (nSPS) is 19.4. The maximum atomic E-state index is 10.9. The molecule has 0 saturated heterocycles. The molecular formula is C18H28O2. The molecule has 1 aliphatic carbocycles. The van der Waals surface area contributed by atoms with Crippen LogP contribution in [-0.4, -0.2) is 11.1 Å². The standard InChI is InChI=1S/C18H28O2/c1-14(2)6-4-7-15(3)8-5-9-16-10-12-17(13-11-16)18(19)20/h6,8,10,17H,4-5,7,9,11-13H2,1-3H3,(H,19,20). The fourth-order valence-corrected chi connectivity index (χ4v) is 2.53. The first-order chi connectivity index (χ1) is 9.49. The molecule has 1 aliphatic rings. The Morgan fingerprint density at radius 1 is 1.30 bits per heavy atom. The van der Waals surface area contributed by atoms with Gasteiger partial charge in [-0.2, -0.15) is 0 Å². The maximum Gasteiger partial charge on any atom is 0.306 e. The molecule has 2 heteroatoms. The van der Waals surface area contributed by atoms with E-state index in [-0.39, 0.29) is 5.92 Å². The molecule has 1 rings (SSSR count). The van der Waals surface area contributed by atoms with Crippen molar-refractivity contribution in [1.29, 1.82) is 0 Å². The second-order valence-corrected chi connectivity index (χ2v) is 6.08. The quantitative estimate of drug-likeness (QED) is 0.643. The van der Waals surface area contributed by atoms with Crippen LogP contribution in [0.1, 0.15) is 65.7 Å². The number of rotatable bonds is 7. The average molecular weight is 276 g/mol. The summed E-state index contributed by atoms with van der Waals surface area (Å²) in [6, 6.07) is 0. The number of hydrogen-bond donors (Lipinski definition) is 1. The van der Waals surface area contributed by atoms with Gasteiger partial charge in [0, 0.05) is 0 Å². The topological polar surface area (TPSA) is 37.3 Å². The molecule has 0 amide bonds. The van der Waals surface area contributed by atoms with Crippen LogP contribution in [0.25, 0.3) is 0 Å². The molecule has 0 bridgehead atoms. The molecule has 1 N–H and O–H groups in total. The van der Waals surface area contributed by atoms with Crippen molar-refractivity contribution in [3.8, 4) is 0 Å². The van der Waals surface area contributed by atoms with Gasteiger partial charge >= 0.3 is 5.97 Å². The van der Waals surface area contributed by atoms with E-state index in [1.165, 1.54) is 16.7 Å². The molecule has 0 spiro atoms. The summed E-state index contributed by atoms with van der Waals surface area (Å²) in [4.78, 5) is 10.9. The lowest BCUT2D eigenvalue weighted by atomic mass is 9.88. The summed E-state index contributed by atoms with van der Waals surface area (Å²) in [6.45, 7) is 6.48. The van der Waals surface area contributed by atoms with E-state index in [9.17, 15) is 4.79 Å². The van der Waals surface area contributed by atoms with Gasteiger partial charge < -0.3 is 5.11 Å². The van der Waals surface area contributed by atoms with Gasteiger partial charge in [-0.15, -0.1) is 0 Å². The van der Waals surface area contributed by atoms with Crippen molar-refractivity contribution in [2.24, 2.45) is 5.92 Å². The SMILES string of the molecule is CC(C)=CCCC(C)=CCCC1=CCC(C(=O)O)CC1. The molecule has 0 fully saturated rings. The van der Waals surface area contributed by atoms with Crippen molar-refractivity contribution in [2.45, 2.75) is 65.7 Å². The van der Waals surface area contributed by atoms with Gasteiger partial charge in [-0.25, -0.2) is 0 Å². The highest BCUT2D eigenvalue weighted by Gasteiger charge is 2.19. The Hall–Kier alpha value is -1.31. The van der Waals surface area contributed by atoms with Gasteiger partial charge in [-0.1, -0.05) is 34.9 Å². The van der Waals surface area contributed by atoms with Crippen LogP contribution in [0.2, 0.25) is 0 Å². The van der Waals surface area contributed by atoms with Gasteiger partial charge in [-0.3, -0.25) is 4.79 Å². The molecule has 1 unspecified atom stereocenters. The zero-order chi connectivity index (χ0) is 15.0. The number of aliphatic carboxylic acids is 1. The number of carboxylic acids is 1. The summed E-state index contributed by atoms with van der Waals surface area (Å²) in [6.07, 6.45) is 13.7. The first-order valence-electron chi connectivity index (χ1n) is 7.68. The van der Waals surface area contributed by atoms with E-state index in [2.05, 4.69) is 39.0 Å². The molecule has 112 valence electrons. The number of hydrogen-bond acceptors (Lipinski definition) is 1. The van der Waals surface area contributed by atoms with Crippen LogP contribution in [0.15, 0.2) is 34.9 Å². The largest absolute Gasteiger partial charge is 0.481 e. The molecule has 1 atom stereocenters. The van der Waals surface area contributed by atoms with E-state index in [1.54, 1.807) is 0 Å². The minimum absolute atomic E-state index is 0.153. The first-order valence-corrected chi connectivity index (χ1v) is 7.68. The second kappa shape index (κ2) is 8.78. The number of carbonyl (C=O) groups is 1. The van der Waals surface area contributed by atoms with Gasteiger partial charge in [0.1, 0.15) is 0 Å². The van der Waals surface area contributed by atoms with Crippen molar-refractivity contribution < 1.29 is 9.90 Å². The van der Waals surface area contributed by atoms with Crippen LogP contribution in [0.4, 0.5) is 0 Å². The fourth-order valence-electron chi connectivity index (χ4n) is 2.53.